The Kier molecular flexibility index (Phi) is 4.20. The van der Waals surface area contributed by atoms with Crippen LogP contribution in [0.4, 0.5) is 11.4 Å². The van der Waals surface area contributed by atoms with Crippen LogP contribution >= 0.6 is 0 Å². The van der Waals surface area contributed by atoms with Crippen molar-refractivity contribution in [1.82, 2.24) is 0 Å². The number of nitrogens with zero attached hydrogens (tertiary/aromatic N) is 1. The van der Waals surface area contributed by atoms with Crippen LogP contribution in [0.15, 0.2) is 24.3 Å². The number of ether oxygens (including phenoxy) is 2. The summed E-state index contributed by atoms with van der Waals surface area (Å²) in [6.07, 6.45) is 2.76. The van der Waals surface area contributed by atoms with Crippen molar-refractivity contribution >= 4 is 11.4 Å². The zero-order valence-corrected chi connectivity index (χ0v) is 11.3. The van der Waals surface area contributed by atoms with E-state index in [1.807, 2.05) is 0 Å². The molecule has 0 spiro atoms. The fourth-order valence-corrected chi connectivity index (χ4v) is 2.65. The normalized spacial score (nSPS) is 23.6. The van der Waals surface area contributed by atoms with Gasteiger partial charge in [-0.05, 0) is 37.1 Å². The average molecular weight is 262 g/mol. The van der Waals surface area contributed by atoms with Crippen LogP contribution in [0.5, 0.6) is 0 Å². The van der Waals surface area contributed by atoms with Gasteiger partial charge in [0.2, 0.25) is 0 Å². The molecule has 2 saturated heterocycles. The number of anilines is 2. The zero-order valence-electron chi connectivity index (χ0n) is 11.3. The Labute approximate surface area is 114 Å². The maximum atomic E-state index is 5.61. The zero-order chi connectivity index (χ0) is 12.9. The minimum atomic E-state index is 0.388. The van der Waals surface area contributed by atoms with Crippen LogP contribution < -0.4 is 10.2 Å². The van der Waals surface area contributed by atoms with E-state index in [4.69, 9.17) is 9.47 Å². The van der Waals surface area contributed by atoms with Gasteiger partial charge in [0.25, 0.3) is 0 Å². The first-order chi connectivity index (χ1) is 9.42. The Morgan fingerprint density at radius 1 is 1.11 bits per heavy atom. The van der Waals surface area contributed by atoms with Crippen LogP contribution in [0.2, 0.25) is 0 Å². The molecular formula is C15H22N2O2. The topological polar surface area (TPSA) is 33.7 Å². The lowest BCUT2D eigenvalue weighted by Gasteiger charge is -2.29. The molecule has 0 aliphatic carbocycles. The molecule has 0 bridgehead atoms. The van der Waals surface area contributed by atoms with Crippen LogP contribution in [0, 0.1) is 0 Å². The van der Waals surface area contributed by atoms with Gasteiger partial charge in [-0.1, -0.05) is 0 Å². The van der Waals surface area contributed by atoms with E-state index in [2.05, 4.69) is 34.5 Å². The number of hydrogen-bond acceptors (Lipinski definition) is 4. The van der Waals surface area contributed by atoms with Gasteiger partial charge < -0.3 is 19.7 Å². The van der Waals surface area contributed by atoms with Gasteiger partial charge in [0, 0.05) is 37.6 Å². The highest BCUT2D eigenvalue weighted by atomic mass is 16.5. The van der Waals surface area contributed by atoms with E-state index in [0.29, 0.717) is 6.10 Å². The lowest BCUT2D eigenvalue weighted by Crippen LogP contribution is -2.36. The van der Waals surface area contributed by atoms with Gasteiger partial charge in [-0.15, -0.1) is 0 Å². The highest BCUT2D eigenvalue weighted by Crippen LogP contribution is 2.20. The second-order valence-electron chi connectivity index (χ2n) is 5.16. The standard InChI is InChI=1S/C15H22N2O2/c1-2-15(19-9-1)12-16-13-3-5-14(6-4-13)17-7-10-18-11-8-17/h3-6,15-16H,1-2,7-12H2. The van der Waals surface area contributed by atoms with Crippen molar-refractivity contribution in [3.8, 4) is 0 Å². The summed E-state index contributed by atoms with van der Waals surface area (Å²) < 4.78 is 11.0. The molecular weight excluding hydrogens is 240 g/mol. The smallest absolute Gasteiger partial charge is 0.0748 e. The molecule has 1 N–H and O–H groups in total. The van der Waals surface area contributed by atoms with Crippen LogP contribution in [-0.4, -0.2) is 45.6 Å². The molecule has 3 rings (SSSR count). The summed E-state index contributed by atoms with van der Waals surface area (Å²) in [5.74, 6) is 0. The monoisotopic (exact) mass is 262 g/mol. The molecule has 2 heterocycles. The Bertz CT molecular complexity index is 382. The lowest BCUT2D eigenvalue weighted by atomic mass is 10.2. The Morgan fingerprint density at radius 3 is 2.58 bits per heavy atom. The summed E-state index contributed by atoms with van der Waals surface area (Å²) in [5, 5.41) is 3.45. The Morgan fingerprint density at radius 2 is 1.89 bits per heavy atom. The maximum absolute atomic E-state index is 5.61. The highest BCUT2D eigenvalue weighted by Gasteiger charge is 2.15. The van der Waals surface area contributed by atoms with Crippen LogP contribution in [-0.2, 0) is 9.47 Å². The van der Waals surface area contributed by atoms with Crippen molar-refractivity contribution in [3.05, 3.63) is 24.3 Å². The predicted molar refractivity (Wildman–Crippen MR) is 76.9 cm³/mol. The molecule has 0 amide bonds. The summed E-state index contributed by atoms with van der Waals surface area (Å²) in [5.41, 5.74) is 2.46. The second kappa shape index (κ2) is 6.26. The number of hydrogen-bond donors (Lipinski definition) is 1. The minimum Gasteiger partial charge on any atom is -0.382 e. The van der Waals surface area contributed by atoms with Gasteiger partial charge in [-0.25, -0.2) is 0 Å². The van der Waals surface area contributed by atoms with Crippen molar-refractivity contribution in [2.45, 2.75) is 18.9 Å². The van der Waals surface area contributed by atoms with Gasteiger partial charge in [0.05, 0.1) is 19.3 Å². The SMILES string of the molecule is c1cc(N2CCOCC2)ccc1NCC1CCCO1. The van der Waals surface area contributed by atoms with E-state index in [0.717, 1.165) is 39.5 Å². The van der Waals surface area contributed by atoms with Gasteiger partial charge >= 0.3 is 0 Å². The quantitative estimate of drug-likeness (QED) is 0.901. The summed E-state index contributed by atoms with van der Waals surface area (Å²) in [6, 6.07) is 8.67. The molecule has 2 fully saturated rings. The van der Waals surface area contributed by atoms with Crippen molar-refractivity contribution in [2.75, 3.05) is 49.7 Å². The molecule has 1 atom stereocenters. The molecule has 2 aliphatic rings. The Hall–Kier alpha value is -1.26. The molecule has 0 radical (unpaired) electrons. The van der Waals surface area contributed by atoms with E-state index in [1.165, 1.54) is 24.2 Å². The van der Waals surface area contributed by atoms with E-state index >= 15 is 0 Å². The van der Waals surface area contributed by atoms with Gasteiger partial charge in [-0.3, -0.25) is 0 Å². The maximum Gasteiger partial charge on any atom is 0.0748 e. The number of rotatable bonds is 4. The molecule has 1 unspecified atom stereocenters. The number of benzene rings is 1. The van der Waals surface area contributed by atoms with Crippen molar-refractivity contribution in [3.63, 3.8) is 0 Å². The lowest BCUT2D eigenvalue weighted by molar-refractivity contribution is 0.120. The number of nitrogens with one attached hydrogen (secondary N) is 1. The summed E-state index contributed by atoms with van der Waals surface area (Å²) in [6.45, 7) is 5.47. The third-order valence-corrected chi connectivity index (χ3v) is 3.80. The fourth-order valence-electron chi connectivity index (χ4n) is 2.65. The summed E-state index contributed by atoms with van der Waals surface area (Å²) in [4.78, 5) is 2.37. The first-order valence-electron chi connectivity index (χ1n) is 7.20. The van der Waals surface area contributed by atoms with E-state index in [9.17, 15) is 0 Å². The molecule has 0 saturated carbocycles. The highest BCUT2D eigenvalue weighted by molar-refractivity contribution is 5.55. The van der Waals surface area contributed by atoms with E-state index < -0.39 is 0 Å². The molecule has 0 aromatic heterocycles. The van der Waals surface area contributed by atoms with Gasteiger partial charge in [0.15, 0.2) is 0 Å². The molecule has 4 nitrogen and oxygen atoms in total. The van der Waals surface area contributed by atoms with Gasteiger partial charge in [-0.2, -0.15) is 0 Å². The number of morpholine rings is 1. The molecule has 1 aromatic carbocycles. The van der Waals surface area contributed by atoms with Crippen molar-refractivity contribution < 1.29 is 9.47 Å². The summed E-state index contributed by atoms with van der Waals surface area (Å²) >= 11 is 0. The summed E-state index contributed by atoms with van der Waals surface area (Å²) in [7, 11) is 0. The largest absolute Gasteiger partial charge is 0.382 e. The van der Waals surface area contributed by atoms with Crippen LogP contribution in [0.1, 0.15) is 12.8 Å². The van der Waals surface area contributed by atoms with Gasteiger partial charge in [0.1, 0.15) is 0 Å². The third-order valence-electron chi connectivity index (χ3n) is 3.80. The minimum absolute atomic E-state index is 0.388. The molecule has 2 aliphatic heterocycles. The molecule has 1 aromatic rings. The van der Waals surface area contributed by atoms with Crippen molar-refractivity contribution in [2.24, 2.45) is 0 Å². The molecule has 4 heteroatoms. The fraction of sp³-hybridized carbons (Fsp3) is 0.600. The second-order valence-corrected chi connectivity index (χ2v) is 5.16. The molecule has 19 heavy (non-hydrogen) atoms. The predicted octanol–water partition coefficient (Wildman–Crippen LogP) is 2.11. The first kappa shape index (κ1) is 12.8. The van der Waals surface area contributed by atoms with E-state index in [1.54, 1.807) is 0 Å². The third kappa shape index (κ3) is 3.39. The molecule has 104 valence electrons. The Balaban J connectivity index is 1.52. The first-order valence-corrected chi connectivity index (χ1v) is 7.20. The van der Waals surface area contributed by atoms with E-state index in [-0.39, 0.29) is 0 Å². The van der Waals surface area contributed by atoms with Crippen molar-refractivity contribution in [1.29, 1.82) is 0 Å². The van der Waals surface area contributed by atoms with Crippen LogP contribution in [0.25, 0.3) is 0 Å². The average Bonchev–Trinajstić information content (AvgIpc) is 3.00. The van der Waals surface area contributed by atoms with Crippen LogP contribution in [0.3, 0.4) is 0 Å².